The van der Waals surface area contributed by atoms with E-state index in [1.165, 1.54) is 18.3 Å². The molecular weight excluding hydrogens is 352 g/mol. The lowest BCUT2D eigenvalue weighted by Crippen LogP contribution is -2.33. The van der Waals surface area contributed by atoms with E-state index in [2.05, 4.69) is 4.98 Å². The number of hydrogen-bond acceptors (Lipinski definition) is 5. The average Bonchev–Trinajstić information content (AvgIpc) is 2.55. The van der Waals surface area contributed by atoms with Crippen LogP contribution in [0.1, 0.15) is 23.7 Å². The second-order valence-electron chi connectivity index (χ2n) is 5.36. The quantitative estimate of drug-likeness (QED) is 0.896. The monoisotopic (exact) mass is 366 g/mol. The lowest BCUT2D eigenvalue weighted by atomic mass is 9.96. The van der Waals surface area contributed by atoms with Crippen LogP contribution in [-0.4, -0.2) is 25.9 Å². The highest BCUT2D eigenvalue weighted by atomic mass is 35.5. The number of benzene rings is 1. The van der Waals surface area contributed by atoms with Crippen molar-refractivity contribution in [1.82, 2.24) is 9.71 Å². The fourth-order valence-electron chi connectivity index (χ4n) is 2.58. The SMILES string of the molecule is O=C(C[C@H]1OCCc2ccccc21)NS(=O)(=O)c1ccc(Cl)cn1. The lowest BCUT2D eigenvalue weighted by Gasteiger charge is -2.25. The molecule has 2 heterocycles. The average molecular weight is 367 g/mol. The standard InChI is InChI=1S/C16H15ClN2O4S/c17-12-5-6-16(18-10-12)24(21,22)19-15(20)9-14-13-4-2-1-3-11(13)7-8-23-14/h1-6,10,14H,7-9H2,(H,19,20)/t14-/m1/s1. The van der Waals surface area contributed by atoms with Crippen molar-refractivity contribution in [3.05, 3.63) is 58.7 Å². The molecule has 8 heteroatoms. The van der Waals surface area contributed by atoms with Gasteiger partial charge in [0.1, 0.15) is 0 Å². The number of aromatic nitrogens is 1. The minimum atomic E-state index is -4.03. The highest BCUT2D eigenvalue weighted by molar-refractivity contribution is 7.90. The maximum absolute atomic E-state index is 12.2. The molecule has 2 aromatic rings. The van der Waals surface area contributed by atoms with E-state index in [4.69, 9.17) is 16.3 Å². The van der Waals surface area contributed by atoms with E-state index in [9.17, 15) is 13.2 Å². The first kappa shape index (κ1) is 16.9. The van der Waals surface area contributed by atoms with Crippen molar-refractivity contribution in [2.75, 3.05) is 6.61 Å². The Bertz CT molecular complexity index is 853. The molecule has 0 fully saturated rings. The van der Waals surface area contributed by atoms with Crippen molar-refractivity contribution in [2.45, 2.75) is 24.0 Å². The van der Waals surface area contributed by atoms with Crippen LogP contribution in [0.25, 0.3) is 0 Å². The Hall–Kier alpha value is -1.96. The number of hydrogen-bond donors (Lipinski definition) is 1. The van der Waals surface area contributed by atoms with Crippen LogP contribution in [0, 0.1) is 0 Å². The van der Waals surface area contributed by atoms with Crippen LogP contribution in [0.15, 0.2) is 47.6 Å². The molecule has 1 amide bonds. The molecule has 1 atom stereocenters. The van der Waals surface area contributed by atoms with Crippen LogP contribution >= 0.6 is 11.6 Å². The van der Waals surface area contributed by atoms with Crippen molar-refractivity contribution >= 4 is 27.5 Å². The number of rotatable bonds is 4. The third-order valence-electron chi connectivity index (χ3n) is 3.69. The summed E-state index contributed by atoms with van der Waals surface area (Å²) in [4.78, 5) is 15.9. The van der Waals surface area contributed by atoms with Gasteiger partial charge < -0.3 is 4.74 Å². The predicted octanol–water partition coefficient (Wildman–Crippen LogP) is 2.24. The van der Waals surface area contributed by atoms with Gasteiger partial charge in [0.05, 0.1) is 24.2 Å². The minimum absolute atomic E-state index is 0.0795. The van der Waals surface area contributed by atoms with Gasteiger partial charge in [-0.3, -0.25) is 4.79 Å². The number of ether oxygens (including phenoxy) is 1. The molecule has 0 saturated heterocycles. The first-order valence-electron chi connectivity index (χ1n) is 7.32. The van der Waals surface area contributed by atoms with E-state index in [0.717, 1.165) is 17.5 Å². The molecule has 1 aliphatic rings. The summed E-state index contributed by atoms with van der Waals surface area (Å²) in [5, 5.41) is 0.0534. The number of carbonyl (C=O) groups is 1. The smallest absolute Gasteiger partial charge is 0.281 e. The van der Waals surface area contributed by atoms with Gasteiger partial charge in [-0.15, -0.1) is 0 Å². The Morgan fingerprint density at radius 3 is 2.83 bits per heavy atom. The van der Waals surface area contributed by atoms with Crippen LogP contribution in [0.4, 0.5) is 0 Å². The van der Waals surface area contributed by atoms with Crippen LogP contribution in [0.5, 0.6) is 0 Å². The Balaban J connectivity index is 1.71. The molecule has 0 unspecified atom stereocenters. The lowest BCUT2D eigenvalue weighted by molar-refractivity contribution is -0.122. The molecule has 0 saturated carbocycles. The van der Waals surface area contributed by atoms with Crippen LogP contribution in [-0.2, 0) is 26.0 Å². The van der Waals surface area contributed by atoms with Crippen molar-refractivity contribution in [3.63, 3.8) is 0 Å². The van der Waals surface area contributed by atoms with Gasteiger partial charge in [-0.2, -0.15) is 8.42 Å². The summed E-state index contributed by atoms with van der Waals surface area (Å²) in [6.07, 6.45) is 1.45. The number of halogens is 1. The molecule has 0 spiro atoms. The molecule has 1 N–H and O–H groups in total. The summed E-state index contributed by atoms with van der Waals surface area (Å²) in [7, 11) is -4.03. The Morgan fingerprint density at radius 1 is 1.29 bits per heavy atom. The van der Waals surface area contributed by atoms with Crippen molar-refractivity contribution in [1.29, 1.82) is 0 Å². The fourth-order valence-corrected chi connectivity index (χ4v) is 3.62. The van der Waals surface area contributed by atoms with Gasteiger partial charge in [0.15, 0.2) is 5.03 Å². The van der Waals surface area contributed by atoms with Gasteiger partial charge in [-0.25, -0.2) is 9.71 Å². The third kappa shape index (κ3) is 3.75. The van der Waals surface area contributed by atoms with Gasteiger partial charge in [-0.05, 0) is 29.7 Å². The second kappa shape index (κ2) is 6.88. The Kier molecular flexibility index (Phi) is 4.84. The van der Waals surface area contributed by atoms with Crippen LogP contribution < -0.4 is 4.72 Å². The summed E-state index contributed by atoms with van der Waals surface area (Å²) < 4.78 is 32.0. The van der Waals surface area contributed by atoms with E-state index < -0.39 is 22.0 Å². The van der Waals surface area contributed by atoms with Gasteiger partial charge in [-0.1, -0.05) is 35.9 Å². The van der Waals surface area contributed by atoms with Gasteiger partial charge in [0.25, 0.3) is 10.0 Å². The van der Waals surface area contributed by atoms with Crippen molar-refractivity contribution in [2.24, 2.45) is 0 Å². The molecule has 3 rings (SSSR count). The Labute approximate surface area is 144 Å². The zero-order valence-electron chi connectivity index (χ0n) is 12.6. The van der Waals surface area contributed by atoms with E-state index in [-0.39, 0.29) is 11.4 Å². The number of carbonyl (C=O) groups excluding carboxylic acids is 1. The molecule has 6 nitrogen and oxygen atoms in total. The van der Waals surface area contributed by atoms with Crippen LogP contribution in [0.2, 0.25) is 5.02 Å². The third-order valence-corrected chi connectivity index (χ3v) is 5.20. The van der Waals surface area contributed by atoms with E-state index in [0.29, 0.717) is 11.6 Å². The normalized spacial score (nSPS) is 17.1. The zero-order chi connectivity index (χ0) is 17.2. The maximum atomic E-state index is 12.2. The number of nitrogens with one attached hydrogen (secondary N) is 1. The van der Waals surface area contributed by atoms with Crippen LogP contribution in [0.3, 0.4) is 0 Å². The molecule has 1 aliphatic heterocycles. The number of sulfonamides is 1. The zero-order valence-corrected chi connectivity index (χ0v) is 14.2. The Morgan fingerprint density at radius 2 is 2.08 bits per heavy atom. The molecule has 0 aliphatic carbocycles. The molecule has 0 radical (unpaired) electrons. The highest BCUT2D eigenvalue weighted by Gasteiger charge is 2.26. The van der Waals surface area contributed by atoms with Gasteiger partial charge in [0, 0.05) is 6.20 Å². The first-order chi connectivity index (χ1) is 11.5. The van der Waals surface area contributed by atoms with Crippen molar-refractivity contribution < 1.29 is 17.9 Å². The fraction of sp³-hybridized carbons (Fsp3) is 0.250. The predicted molar refractivity (Wildman–Crippen MR) is 88.0 cm³/mol. The number of fused-ring (bicyclic) bond motifs is 1. The second-order valence-corrected chi connectivity index (χ2v) is 7.42. The topological polar surface area (TPSA) is 85.4 Å². The molecule has 24 heavy (non-hydrogen) atoms. The summed E-state index contributed by atoms with van der Waals surface area (Å²) in [6, 6.07) is 10.3. The number of nitrogens with zero attached hydrogens (tertiary/aromatic N) is 1. The molecule has 0 bridgehead atoms. The molecular formula is C16H15ClN2O4S. The van der Waals surface area contributed by atoms with E-state index >= 15 is 0 Å². The minimum Gasteiger partial charge on any atom is -0.373 e. The molecule has 1 aromatic heterocycles. The van der Waals surface area contributed by atoms with Crippen molar-refractivity contribution in [3.8, 4) is 0 Å². The summed E-state index contributed by atoms with van der Waals surface area (Å²) >= 11 is 5.68. The summed E-state index contributed by atoms with van der Waals surface area (Å²) in [6.45, 7) is 0.500. The number of pyridine rings is 1. The highest BCUT2D eigenvalue weighted by Crippen LogP contribution is 2.29. The van der Waals surface area contributed by atoms with E-state index in [1.54, 1.807) is 0 Å². The van der Waals surface area contributed by atoms with E-state index in [1.807, 2.05) is 29.0 Å². The van der Waals surface area contributed by atoms with Gasteiger partial charge >= 0.3 is 0 Å². The molecule has 1 aromatic carbocycles. The maximum Gasteiger partial charge on any atom is 0.281 e. The summed E-state index contributed by atoms with van der Waals surface area (Å²) in [5.41, 5.74) is 2.03. The number of amides is 1. The first-order valence-corrected chi connectivity index (χ1v) is 9.18. The largest absolute Gasteiger partial charge is 0.373 e. The van der Waals surface area contributed by atoms with Gasteiger partial charge in [0.2, 0.25) is 5.91 Å². The molecule has 126 valence electrons. The summed E-state index contributed by atoms with van der Waals surface area (Å²) in [5.74, 6) is -0.645.